The molecule has 0 aromatic carbocycles. The molecule has 0 aromatic rings. The molecule has 0 aliphatic heterocycles. The molecule has 0 heterocycles. The molecular formula is C12H26NOP. The Balaban J connectivity index is 3.20. The maximum Gasteiger partial charge on any atom is 0.145 e. The van der Waals surface area contributed by atoms with E-state index >= 15 is 0 Å². The van der Waals surface area contributed by atoms with E-state index in [0.29, 0.717) is 6.16 Å². The van der Waals surface area contributed by atoms with Crippen molar-refractivity contribution in [3.05, 3.63) is 12.2 Å². The molecule has 0 fully saturated rings. The van der Waals surface area contributed by atoms with Crippen LogP contribution in [0.3, 0.4) is 0 Å². The first kappa shape index (κ1) is 14.9. The smallest absolute Gasteiger partial charge is 0.145 e. The molecule has 1 atom stereocenters. The lowest BCUT2D eigenvalue weighted by Gasteiger charge is -2.00. The molecule has 1 unspecified atom stereocenters. The van der Waals surface area contributed by atoms with Gasteiger partial charge >= 0.3 is 0 Å². The normalized spacial score (nSPS) is 15.7. The predicted molar refractivity (Wildman–Crippen MR) is 69.7 cm³/mol. The van der Waals surface area contributed by atoms with Crippen LogP contribution >= 0.6 is 7.29 Å². The molecule has 90 valence electrons. The van der Waals surface area contributed by atoms with Gasteiger partial charge < -0.3 is 4.57 Å². The average Bonchev–Trinajstić information content (AvgIpc) is 2.14. The molecule has 0 saturated heterocycles. The minimum atomic E-state index is -2.32. The summed E-state index contributed by atoms with van der Waals surface area (Å²) in [5.74, 6) is 0. The highest BCUT2D eigenvalue weighted by atomic mass is 31.2. The fourth-order valence-corrected chi connectivity index (χ4v) is 2.01. The van der Waals surface area contributed by atoms with E-state index in [0.717, 1.165) is 6.42 Å². The number of hydrogen-bond acceptors (Lipinski definition) is 1. The minimum Gasteiger partial charge on any atom is -0.307 e. The van der Waals surface area contributed by atoms with Crippen LogP contribution in [0, 0.1) is 0 Å². The van der Waals surface area contributed by atoms with Crippen LogP contribution < -0.4 is 5.50 Å². The maximum atomic E-state index is 11.1. The zero-order valence-electron chi connectivity index (χ0n) is 10.2. The van der Waals surface area contributed by atoms with Gasteiger partial charge in [-0.05, 0) is 12.8 Å². The van der Waals surface area contributed by atoms with Gasteiger partial charge in [0.25, 0.3) is 0 Å². The lowest BCUT2D eigenvalue weighted by Crippen LogP contribution is -1.94. The van der Waals surface area contributed by atoms with E-state index in [1.165, 1.54) is 38.5 Å². The third kappa shape index (κ3) is 13.9. The molecule has 0 bridgehead atoms. The quantitative estimate of drug-likeness (QED) is 0.368. The Morgan fingerprint density at radius 2 is 1.67 bits per heavy atom. The van der Waals surface area contributed by atoms with E-state index in [1.54, 1.807) is 6.66 Å². The van der Waals surface area contributed by atoms with E-state index in [9.17, 15) is 4.57 Å². The summed E-state index contributed by atoms with van der Waals surface area (Å²) in [4.78, 5) is 0. The summed E-state index contributed by atoms with van der Waals surface area (Å²) in [5, 5.41) is 0. The Morgan fingerprint density at radius 3 is 2.27 bits per heavy atom. The van der Waals surface area contributed by atoms with Gasteiger partial charge in [-0.15, -0.1) is 0 Å². The van der Waals surface area contributed by atoms with Gasteiger partial charge in [-0.3, -0.25) is 5.50 Å². The van der Waals surface area contributed by atoms with E-state index < -0.39 is 7.29 Å². The number of hydrogen-bond donors (Lipinski definition) is 1. The van der Waals surface area contributed by atoms with Crippen LogP contribution in [0.4, 0.5) is 0 Å². The highest BCUT2D eigenvalue weighted by Crippen LogP contribution is 2.29. The van der Waals surface area contributed by atoms with Crippen LogP contribution in [0.5, 0.6) is 0 Å². The third-order valence-corrected chi connectivity index (χ3v) is 3.29. The largest absolute Gasteiger partial charge is 0.307 e. The number of allylic oxidation sites excluding steroid dienone is 2. The Labute approximate surface area is 94.7 Å². The summed E-state index contributed by atoms with van der Waals surface area (Å²) < 4.78 is 11.1. The van der Waals surface area contributed by atoms with Crippen molar-refractivity contribution in [1.82, 2.24) is 0 Å². The van der Waals surface area contributed by atoms with Crippen molar-refractivity contribution >= 4 is 7.29 Å². The zero-order valence-corrected chi connectivity index (χ0v) is 11.1. The second-order valence-electron chi connectivity index (χ2n) is 4.38. The average molecular weight is 231 g/mol. The summed E-state index contributed by atoms with van der Waals surface area (Å²) >= 11 is 0. The van der Waals surface area contributed by atoms with Gasteiger partial charge in [0.05, 0.1) is 0 Å². The first-order valence-corrected chi connectivity index (χ1v) is 8.47. The second kappa shape index (κ2) is 9.18. The minimum absolute atomic E-state index is 0.544. The van der Waals surface area contributed by atoms with Gasteiger partial charge in [0.1, 0.15) is 7.29 Å². The molecule has 0 amide bonds. The molecule has 3 heteroatoms. The van der Waals surface area contributed by atoms with E-state index in [-0.39, 0.29) is 0 Å². The summed E-state index contributed by atoms with van der Waals surface area (Å²) in [6.45, 7) is 3.86. The van der Waals surface area contributed by atoms with Gasteiger partial charge in [0, 0.05) is 12.8 Å². The van der Waals surface area contributed by atoms with Crippen molar-refractivity contribution in [3.63, 3.8) is 0 Å². The van der Waals surface area contributed by atoms with Gasteiger partial charge in [-0.1, -0.05) is 51.2 Å². The summed E-state index contributed by atoms with van der Waals surface area (Å²) in [6.07, 6.45) is 13.7. The molecule has 2 nitrogen and oxygen atoms in total. The van der Waals surface area contributed by atoms with Gasteiger partial charge in [0.15, 0.2) is 0 Å². The summed E-state index contributed by atoms with van der Waals surface area (Å²) in [5.41, 5.74) is 5.44. The van der Waals surface area contributed by atoms with Crippen LogP contribution in [-0.2, 0) is 4.57 Å². The SMILES string of the molecule is CCCCCCCCC=CCP(C)(N)=O. The van der Waals surface area contributed by atoms with Crippen molar-refractivity contribution in [2.75, 3.05) is 12.8 Å². The third-order valence-electron chi connectivity index (χ3n) is 2.36. The van der Waals surface area contributed by atoms with E-state index in [2.05, 4.69) is 13.0 Å². The lowest BCUT2D eigenvalue weighted by molar-refractivity contribution is 0.581. The van der Waals surface area contributed by atoms with Gasteiger partial charge in [-0.2, -0.15) is 0 Å². The topological polar surface area (TPSA) is 43.1 Å². The highest BCUT2D eigenvalue weighted by molar-refractivity contribution is 7.60. The Bertz CT molecular complexity index is 208. The summed E-state index contributed by atoms with van der Waals surface area (Å²) in [6, 6.07) is 0. The monoisotopic (exact) mass is 231 g/mol. The van der Waals surface area contributed by atoms with E-state index in [1.807, 2.05) is 6.08 Å². The highest BCUT2D eigenvalue weighted by Gasteiger charge is 2.02. The lowest BCUT2D eigenvalue weighted by atomic mass is 10.1. The molecule has 0 radical (unpaired) electrons. The molecule has 0 aliphatic rings. The Kier molecular flexibility index (Phi) is 9.13. The molecule has 0 rings (SSSR count). The number of rotatable bonds is 9. The fourth-order valence-electron chi connectivity index (χ4n) is 1.44. The maximum absolute atomic E-state index is 11.1. The first-order valence-electron chi connectivity index (χ1n) is 6.06. The van der Waals surface area contributed by atoms with Crippen molar-refractivity contribution in [3.8, 4) is 0 Å². The van der Waals surface area contributed by atoms with Crippen molar-refractivity contribution in [2.45, 2.75) is 51.9 Å². The predicted octanol–water partition coefficient (Wildman–Crippen LogP) is 4.16. The summed E-state index contributed by atoms with van der Waals surface area (Å²) in [7, 11) is -2.32. The molecule has 0 spiro atoms. The molecule has 15 heavy (non-hydrogen) atoms. The first-order chi connectivity index (χ1) is 7.06. The van der Waals surface area contributed by atoms with Crippen LogP contribution in [-0.4, -0.2) is 12.8 Å². The standard InChI is InChI=1S/C12H26NOP/c1-3-4-5-6-7-8-9-10-11-12-15(2,13)14/h10-11H,3-9,12H2,1-2H3,(H2,13,14). The second-order valence-corrected chi connectivity index (χ2v) is 7.10. The molecule has 0 saturated carbocycles. The van der Waals surface area contributed by atoms with Crippen molar-refractivity contribution in [2.24, 2.45) is 5.50 Å². The molecule has 0 aromatic heterocycles. The fraction of sp³-hybridized carbons (Fsp3) is 0.833. The van der Waals surface area contributed by atoms with Crippen LogP contribution in [0.2, 0.25) is 0 Å². The van der Waals surface area contributed by atoms with Crippen molar-refractivity contribution in [1.29, 1.82) is 0 Å². The van der Waals surface area contributed by atoms with Gasteiger partial charge in [0.2, 0.25) is 0 Å². The van der Waals surface area contributed by atoms with Crippen LogP contribution in [0.25, 0.3) is 0 Å². The van der Waals surface area contributed by atoms with Crippen LogP contribution in [0.15, 0.2) is 12.2 Å². The Hall–Kier alpha value is -0.0700. The van der Waals surface area contributed by atoms with Crippen LogP contribution in [0.1, 0.15) is 51.9 Å². The molecular weight excluding hydrogens is 205 g/mol. The zero-order chi connectivity index (χ0) is 11.6. The Morgan fingerprint density at radius 1 is 1.07 bits per heavy atom. The van der Waals surface area contributed by atoms with E-state index in [4.69, 9.17) is 5.50 Å². The number of unbranched alkanes of at least 4 members (excludes halogenated alkanes) is 6. The number of nitrogens with two attached hydrogens (primary N) is 1. The van der Waals surface area contributed by atoms with Crippen molar-refractivity contribution < 1.29 is 4.57 Å². The molecule has 2 N–H and O–H groups in total. The molecule has 0 aliphatic carbocycles. The van der Waals surface area contributed by atoms with Gasteiger partial charge in [-0.25, -0.2) is 0 Å².